The van der Waals surface area contributed by atoms with E-state index < -0.39 is 0 Å². The molecule has 0 aromatic carbocycles. The van der Waals surface area contributed by atoms with Crippen LogP contribution in [-0.4, -0.2) is 35.0 Å². The van der Waals surface area contributed by atoms with E-state index in [1.807, 2.05) is 0 Å². The van der Waals surface area contributed by atoms with E-state index in [9.17, 15) is 4.79 Å². The number of nitrogens with zero attached hydrogens (tertiary/aromatic N) is 3. The molecule has 1 N–H and O–H groups in total. The number of amides is 1. The Balaban J connectivity index is 2.04. The van der Waals surface area contributed by atoms with Crippen molar-refractivity contribution in [2.75, 3.05) is 18.0 Å². The van der Waals surface area contributed by atoms with Crippen LogP contribution in [0.25, 0.3) is 0 Å². The van der Waals surface area contributed by atoms with Crippen LogP contribution in [0.2, 0.25) is 0 Å². The largest absolute Gasteiger partial charge is 0.348 e. The molecule has 1 aliphatic rings. The van der Waals surface area contributed by atoms with Gasteiger partial charge in [-0.1, -0.05) is 33.1 Å². The summed E-state index contributed by atoms with van der Waals surface area (Å²) in [6.07, 6.45) is 9.65. The van der Waals surface area contributed by atoms with E-state index in [-0.39, 0.29) is 5.91 Å². The number of carbonyl (C=O) groups excluding carboxylic acids is 1. The molecule has 5 heteroatoms. The highest BCUT2D eigenvalue weighted by molar-refractivity contribution is 5.92. The van der Waals surface area contributed by atoms with Crippen molar-refractivity contribution >= 4 is 11.9 Å². The van der Waals surface area contributed by atoms with Gasteiger partial charge in [0.15, 0.2) is 0 Å². The molecule has 1 heterocycles. The minimum absolute atomic E-state index is 0.0662. The number of rotatable bonds is 7. The minimum atomic E-state index is -0.0662. The van der Waals surface area contributed by atoms with Gasteiger partial charge in [0.2, 0.25) is 5.95 Å². The second-order valence-electron chi connectivity index (χ2n) is 6.04. The van der Waals surface area contributed by atoms with E-state index in [4.69, 9.17) is 0 Å². The number of nitrogens with one attached hydrogen (secondary N) is 1. The second-order valence-corrected chi connectivity index (χ2v) is 6.04. The van der Waals surface area contributed by atoms with Crippen molar-refractivity contribution in [1.82, 2.24) is 15.3 Å². The van der Waals surface area contributed by atoms with Gasteiger partial charge in [0.1, 0.15) is 5.69 Å². The lowest BCUT2D eigenvalue weighted by Crippen LogP contribution is -2.37. The van der Waals surface area contributed by atoms with Crippen molar-refractivity contribution in [2.45, 2.75) is 64.8 Å². The van der Waals surface area contributed by atoms with Crippen LogP contribution in [0.5, 0.6) is 0 Å². The van der Waals surface area contributed by atoms with Crippen LogP contribution in [-0.2, 0) is 0 Å². The molecule has 0 radical (unpaired) electrons. The smallest absolute Gasteiger partial charge is 0.270 e. The van der Waals surface area contributed by atoms with Crippen LogP contribution in [0, 0.1) is 0 Å². The van der Waals surface area contributed by atoms with E-state index in [0.29, 0.717) is 17.7 Å². The number of hydrogen-bond donors (Lipinski definition) is 1. The topological polar surface area (TPSA) is 58.1 Å². The first kappa shape index (κ1) is 16.7. The summed E-state index contributed by atoms with van der Waals surface area (Å²) in [7, 11) is 0. The first-order chi connectivity index (χ1) is 10.7. The van der Waals surface area contributed by atoms with Gasteiger partial charge in [0.05, 0.1) is 0 Å². The summed E-state index contributed by atoms with van der Waals surface area (Å²) in [5.74, 6) is 0.600. The Bertz CT molecular complexity index is 465. The molecule has 22 heavy (non-hydrogen) atoms. The molecule has 0 saturated heterocycles. The highest BCUT2D eigenvalue weighted by Gasteiger charge is 2.18. The van der Waals surface area contributed by atoms with Crippen LogP contribution < -0.4 is 10.2 Å². The molecule has 1 aliphatic carbocycles. The van der Waals surface area contributed by atoms with Crippen molar-refractivity contribution < 1.29 is 4.79 Å². The maximum Gasteiger partial charge on any atom is 0.270 e. The van der Waals surface area contributed by atoms with E-state index in [1.165, 1.54) is 19.3 Å². The number of anilines is 1. The molecule has 5 nitrogen and oxygen atoms in total. The Kier molecular flexibility index (Phi) is 6.62. The first-order valence-corrected chi connectivity index (χ1v) is 8.63. The van der Waals surface area contributed by atoms with E-state index in [1.54, 1.807) is 12.3 Å². The molecule has 1 aromatic heterocycles. The fourth-order valence-electron chi connectivity index (χ4n) is 2.99. The van der Waals surface area contributed by atoms with Gasteiger partial charge in [0, 0.05) is 25.3 Å². The molecule has 0 spiro atoms. The lowest BCUT2D eigenvalue weighted by molar-refractivity contribution is 0.0922. The lowest BCUT2D eigenvalue weighted by Gasteiger charge is -2.23. The molecule has 0 aliphatic heterocycles. The fourth-order valence-corrected chi connectivity index (χ4v) is 2.99. The van der Waals surface area contributed by atoms with Crippen molar-refractivity contribution in [2.24, 2.45) is 0 Å². The summed E-state index contributed by atoms with van der Waals surface area (Å²) in [6, 6.07) is 2.01. The fraction of sp³-hybridized carbons (Fsp3) is 0.706. The molecule has 1 fully saturated rings. The zero-order valence-corrected chi connectivity index (χ0v) is 13.8. The standard InChI is InChI=1S/C17H28N4O/c1-3-12-21(13-4-2)17-18-11-10-15(20-17)16(22)19-14-8-6-5-7-9-14/h10-11,14H,3-9,12-13H2,1-2H3,(H,19,22). The van der Waals surface area contributed by atoms with Gasteiger partial charge in [-0.15, -0.1) is 0 Å². The molecule has 122 valence electrons. The number of aromatic nitrogens is 2. The van der Waals surface area contributed by atoms with Crippen LogP contribution in [0.1, 0.15) is 69.3 Å². The van der Waals surface area contributed by atoms with Crippen LogP contribution >= 0.6 is 0 Å². The predicted octanol–water partition coefficient (Wildman–Crippen LogP) is 3.17. The second kappa shape index (κ2) is 8.71. The number of carbonyl (C=O) groups is 1. The average molecular weight is 304 g/mol. The quantitative estimate of drug-likeness (QED) is 0.840. The van der Waals surface area contributed by atoms with Gasteiger partial charge >= 0.3 is 0 Å². The summed E-state index contributed by atoms with van der Waals surface area (Å²) < 4.78 is 0. The maximum absolute atomic E-state index is 12.4. The van der Waals surface area contributed by atoms with Crippen molar-refractivity contribution in [3.8, 4) is 0 Å². The third-order valence-electron chi connectivity index (χ3n) is 4.09. The van der Waals surface area contributed by atoms with Crippen LogP contribution in [0.15, 0.2) is 12.3 Å². The Morgan fingerprint density at radius 2 is 1.91 bits per heavy atom. The monoisotopic (exact) mass is 304 g/mol. The summed E-state index contributed by atoms with van der Waals surface area (Å²) in [4.78, 5) is 23.4. The zero-order valence-electron chi connectivity index (χ0n) is 13.8. The minimum Gasteiger partial charge on any atom is -0.348 e. The summed E-state index contributed by atoms with van der Waals surface area (Å²) >= 11 is 0. The molecule has 2 rings (SSSR count). The Hall–Kier alpha value is -1.65. The Labute approximate surface area is 133 Å². The molecular weight excluding hydrogens is 276 g/mol. The van der Waals surface area contributed by atoms with E-state index >= 15 is 0 Å². The molecule has 0 unspecified atom stereocenters. The highest BCUT2D eigenvalue weighted by atomic mass is 16.1. The SMILES string of the molecule is CCCN(CCC)c1nccc(C(=O)NC2CCCCC2)n1. The maximum atomic E-state index is 12.4. The molecule has 0 bridgehead atoms. The average Bonchev–Trinajstić information content (AvgIpc) is 2.56. The van der Waals surface area contributed by atoms with Gasteiger partial charge in [-0.05, 0) is 31.7 Å². The zero-order chi connectivity index (χ0) is 15.8. The van der Waals surface area contributed by atoms with Gasteiger partial charge in [-0.2, -0.15) is 0 Å². The van der Waals surface area contributed by atoms with Gasteiger partial charge < -0.3 is 10.2 Å². The van der Waals surface area contributed by atoms with Crippen molar-refractivity contribution in [1.29, 1.82) is 0 Å². The number of hydrogen-bond acceptors (Lipinski definition) is 4. The third kappa shape index (κ3) is 4.68. The summed E-state index contributed by atoms with van der Waals surface area (Å²) in [5.41, 5.74) is 0.479. The highest BCUT2D eigenvalue weighted by Crippen LogP contribution is 2.18. The van der Waals surface area contributed by atoms with Crippen LogP contribution in [0.3, 0.4) is 0 Å². The third-order valence-corrected chi connectivity index (χ3v) is 4.09. The van der Waals surface area contributed by atoms with Crippen molar-refractivity contribution in [3.63, 3.8) is 0 Å². The first-order valence-electron chi connectivity index (χ1n) is 8.63. The van der Waals surface area contributed by atoms with Crippen LogP contribution in [0.4, 0.5) is 5.95 Å². The molecule has 0 atom stereocenters. The molecule has 1 amide bonds. The lowest BCUT2D eigenvalue weighted by atomic mass is 9.95. The van der Waals surface area contributed by atoms with Gasteiger partial charge in [0.25, 0.3) is 5.91 Å². The summed E-state index contributed by atoms with van der Waals surface area (Å²) in [5, 5.41) is 3.12. The summed E-state index contributed by atoms with van der Waals surface area (Å²) in [6.45, 7) is 6.12. The van der Waals surface area contributed by atoms with E-state index in [0.717, 1.165) is 38.8 Å². The normalized spacial score (nSPS) is 15.5. The van der Waals surface area contributed by atoms with Gasteiger partial charge in [-0.3, -0.25) is 4.79 Å². The Morgan fingerprint density at radius 1 is 1.23 bits per heavy atom. The van der Waals surface area contributed by atoms with E-state index in [2.05, 4.69) is 34.0 Å². The van der Waals surface area contributed by atoms with Crippen molar-refractivity contribution in [3.05, 3.63) is 18.0 Å². The molecular formula is C17H28N4O. The molecule has 1 saturated carbocycles. The van der Waals surface area contributed by atoms with Gasteiger partial charge in [-0.25, -0.2) is 9.97 Å². The predicted molar refractivity (Wildman–Crippen MR) is 89.2 cm³/mol. The molecule has 1 aromatic rings. The Morgan fingerprint density at radius 3 is 2.55 bits per heavy atom.